The smallest absolute Gasteiger partial charge is 0.139 e. The molecule has 0 spiro atoms. The van der Waals surface area contributed by atoms with Crippen LogP contribution < -0.4 is 10.2 Å². The van der Waals surface area contributed by atoms with Crippen LogP contribution in [0, 0.1) is 0 Å². The van der Waals surface area contributed by atoms with E-state index >= 15 is 0 Å². The van der Waals surface area contributed by atoms with Gasteiger partial charge in [-0.05, 0) is 37.1 Å². The normalized spacial score (nSPS) is 17.1. The number of fused-ring (bicyclic) bond motifs is 1. The zero-order valence-electron chi connectivity index (χ0n) is 14.8. The van der Waals surface area contributed by atoms with Gasteiger partial charge in [0.2, 0.25) is 0 Å². The molecule has 1 atom stereocenters. The summed E-state index contributed by atoms with van der Waals surface area (Å²) in [5.41, 5.74) is 4.23. The number of pyridine rings is 1. The van der Waals surface area contributed by atoms with Crippen molar-refractivity contribution in [2.45, 2.75) is 18.9 Å². The third-order valence-corrected chi connectivity index (χ3v) is 4.71. The lowest BCUT2D eigenvalue weighted by atomic mass is 10.1. The molecule has 1 aromatic carbocycles. The van der Waals surface area contributed by atoms with E-state index in [1.165, 1.54) is 5.69 Å². The number of benzene rings is 1. The first-order valence-corrected chi connectivity index (χ1v) is 8.83. The fourth-order valence-corrected chi connectivity index (χ4v) is 3.30. The SMILES string of the molecule is CN(C)c1ccc(-c2nc3ccccn3c2NC[C@@H]2CCCO2)cc1. The number of ether oxygens (including phenoxy) is 1. The molecule has 3 aromatic rings. The lowest BCUT2D eigenvalue weighted by Crippen LogP contribution is -2.19. The van der Waals surface area contributed by atoms with E-state index in [9.17, 15) is 0 Å². The van der Waals surface area contributed by atoms with Gasteiger partial charge in [-0.15, -0.1) is 0 Å². The summed E-state index contributed by atoms with van der Waals surface area (Å²) in [6, 6.07) is 14.6. The predicted molar refractivity (Wildman–Crippen MR) is 102 cm³/mol. The summed E-state index contributed by atoms with van der Waals surface area (Å²) >= 11 is 0. The van der Waals surface area contributed by atoms with Crippen molar-refractivity contribution >= 4 is 17.2 Å². The highest BCUT2D eigenvalue weighted by atomic mass is 16.5. The van der Waals surface area contributed by atoms with Crippen LogP contribution in [0.15, 0.2) is 48.7 Å². The van der Waals surface area contributed by atoms with E-state index in [2.05, 4.69) is 59.2 Å². The molecule has 2 aromatic heterocycles. The molecule has 0 aliphatic carbocycles. The maximum Gasteiger partial charge on any atom is 0.139 e. The first-order valence-electron chi connectivity index (χ1n) is 8.83. The minimum atomic E-state index is 0.290. The van der Waals surface area contributed by atoms with Crippen molar-refractivity contribution in [2.24, 2.45) is 0 Å². The van der Waals surface area contributed by atoms with Gasteiger partial charge in [0.05, 0.1) is 6.10 Å². The van der Waals surface area contributed by atoms with E-state index in [-0.39, 0.29) is 0 Å². The monoisotopic (exact) mass is 336 g/mol. The molecule has 1 saturated heterocycles. The van der Waals surface area contributed by atoms with Crippen LogP contribution in [-0.2, 0) is 4.74 Å². The number of aromatic nitrogens is 2. The molecule has 4 rings (SSSR count). The number of hydrogen-bond donors (Lipinski definition) is 1. The van der Waals surface area contributed by atoms with E-state index in [4.69, 9.17) is 9.72 Å². The molecule has 1 aliphatic rings. The van der Waals surface area contributed by atoms with Crippen LogP contribution in [0.3, 0.4) is 0 Å². The predicted octanol–water partition coefficient (Wildman–Crippen LogP) is 3.66. The van der Waals surface area contributed by atoms with Gasteiger partial charge in [0.1, 0.15) is 17.2 Å². The maximum atomic E-state index is 5.75. The highest BCUT2D eigenvalue weighted by molar-refractivity contribution is 5.77. The van der Waals surface area contributed by atoms with Crippen molar-refractivity contribution in [3.8, 4) is 11.3 Å². The van der Waals surface area contributed by atoms with Gasteiger partial charge in [-0.3, -0.25) is 4.40 Å². The third kappa shape index (κ3) is 3.20. The van der Waals surface area contributed by atoms with Crippen molar-refractivity contribution in [1.82, 2.24) is 9.38 Å². The summed E-state index contributed by atoms with van der Waals surface area (Å²) in [4.78, 5) is 6.95. The van der Waals surface area contributed by atoms with Gasteiger partial charge < -0.3 is 15.0 Å². The molecule has 1 fully saturated rings. The van der Waals surface area contributed by atoms with Crippen molar-refractivity contribution < 1.29 is 4.74 Å². The van der Waals surface area contributed by atoms with Crippen LogP contribution in [0.5, 0.6) is 0 Å². The topological polar surface area (TPSA) is 41.8 Å². The van der Waals surface area contributed by atoms with Gasteiger partial charge in [0, 0.05) is 44.7 Å². The number of imidazole rings is 1. The van der Waals surface area contributed by atoms with E-state index in [1.807, 2.05) is 18.2 Å². The Kier molecular flexibility index (Phi) is 4.32. The Labute approximate surface area is 148 Å². The summed E-state index contributed by atoms with van der Waals surface area (Å²) in [6.45, 7) is 1.68. The van der Waals surface area contributed by atoms with Crippen LogP contribution in [0.4, 0.5) is 11.5 Å². The standard InChI is InChI=1S/C20H24N4O/c1-23(2)16-10-8-15(9-11-16)19-20(21-14-17-6-5-13-25-17)24-12-4-3-7-18(24)22-19/h3-4,7-12,17,21H,5-6,13-14H2,1-2H3/t17-/m0/s1. The summed E-state index contributed by atoms with van der Waals surface area (Å²) in [5.74, 6) is 1.03. The number of nitrogens with zero attached hydrogens (tertiary/aromatic N) is 3. The molecule has 1 N–H and O–H groups in total. The largest absolute Gasteiger partial charge is 0.378 e. The first-order chi connectivity index (χ1) is 12.2. The molecule has 25 heavy (non-hydrogen) atoms. The van der Waals surface area contributed by atoms with Crippen molar-refractivity contribution in [3.05, 3.63) is 48.7 Å². The van der Waals surface area contributed by atoms with E-state index in [1.54, 1.807) is 0 Å². The quantitative estimate of drug-likeness (QED) is 0.772. The van der Waals surface area contributed by atoms with Gasteiger partial charge in [-0.1, -0.05) is 18.2 Å². The molecular formula is C20H24N4O. The highest BCUT2D eigenvalue weighted by Gasteiger charge is 2.18. The molecule has 5 nitrogen and oxygen atoms in total. The minimum Gasteiger partial charge on any atom is -0.378 e. The second-order valence-corrected chi connectivity index (χ2v) is 6.70. The van der Waals surface area contributed by atoms with Crippen LogP contribution in [0.2, 0.25) is 0 Å². The molecule has 3 heterocycles. The molecule has 0 amide bonds. The third-order valence-electron chi connectivity index (χ3n) is 4.71. The maximum absolute atomic E-state index is 5.75. The Hall–Kier alpha value is -2.53. The Morgan fingerprint density at radius 3 is 2.76 bits per heavy atom. The van der Waals surface area contributed by atoms with E-state index in [0.717, 1.165) is 48.7 Å². The Morgan fingerprint density at radius 2 is 2.04 bits per heavy atom. The number of hydrogen-bond acceptors (Lipinski definition) is 4. The molecule has 0 bridgehead atoms. The van der Waals surface area contributed by atoms with Crippen molar-refractivity contribution in [2.75, 3.05) is 37.5 Å². The zero-order valence-corrected chi connectivity index (χ0v) is 14.8. The average molecular weight is 336 g/mol. The van der Waals surface area contributed by atoms with Crippen LogP contribution in [0.25, 0.3) is 16.9 Å². The lowest BCUT2D eigenvalue weighted by molar-refractivity contribution is 0.120. The van der Waals surface area contributed by atoms with Crippen LogP contribution >= 0.6 is 0 Å². The summed E-state index contributed by atoms with van der Waals surface area (Å²) in [7, 11) is 4.10. The molecule has 0 radical (unpaired) electrons. The van der Waals surface area contributed by atoms with Gasteiger partial charge >= 0.3 is 0 Å². The number of nitrogens with one attached hydrogen (secondary N) is 1. The molecular weight excluding hydrogens is 312 g/mol. The molecule has 1 aliphatic heterocycles. The van der Waals surface area contributed by atoms with E-state index < -0.39 is 0 Å². The summed E-state index contributed by atoms with van der Waals surface area (Å²) in [5, 5.41) is 3.58. The summed E-state index contributed by atoms with van der Waals surface area (Å²) in [6.07, 6.45) is 4.62. The minimum absolute atomic E-state index is 0.290. The van der Waals surface area contributed by atoms with Crippen molar-refractivity contribution in [1.29, 1.82) is 0 Å². The molecule has 130 valence electrons. The van der Waals surface area contributed by atoms with Gasteiger partial charge in [0.15, 0.2) is 0 Å². The second kappa shape index (κ2) is 6.76. The number of rotatable bonds is 5. The Bertz CT molecular complexity index is 848. The second-order valence-electron chi connectivity index (χ2n) is 6.70. The Morgan fingerprint density at radius 1 is 1.20 bits per heavy atom. The van der Waals surface area contributed by atoms with Gasteiger partial charge in [-0.25, -0.2) is 4.98 Å². The zero-order chi connectivity index (χ0) is 17.2. The first kappa shape index (κ1) is 16.0. The molecule has 0 saturated carbocycles. The number of anilines is 2. The highest BCUT2D eigenvalue weighted by Crippen LogP contribution is 2.30. The van der Waals surface area contributed by atoms with E-state index in [0.29, 0.717) is 6.10 Å². The van der Waals surface area contributed by atoms with Crippen molar-refractivity contribution in [3.63, 3.8) is 0 Å². The fourth-order valence-electron chi connectivity index (χ4n) is 3.30. The fraction of sp³-hybridized carbons (Fsp3) is 0.350. The van der Waals surface area contributed by atoms with Crippen LogP contribution in [0.1, 0.15) is 12.8 Å². The van der Waals surface area contributed by atoms with Crippen LogP contribution in [-0.4, -0.2) is 42.7 Å². The van der Waals surface area contributed by atoms with Gasteiger partial charge in [0.25, 0.3) is 0 Å². The lowest BCUT2D eigenvalue weighted by Gasteiger charge is -2.14. The molecule has 0 unspecified atom stereocenters. The Balaban J connectivity index is 1.70. The molecule has 5 heteroatoms. The summed E-state index contributed by atoms with van der Waals surface area (Å²) < 4.78 is 7.87. The average Bonchev–Trinajstić information content (AvgIpc) is 3.27. The van der Waals surface area contributed by atoms with Gasteiger partial charge in [-0.2, -0.15) is 0 Å².